The number of carbonyl (C=O) groups is 1. The lowest BCUT2D eigenvalue weighted by Gasteiger charge is -2.28. The van der Waals surface area contributed by atoms with Gasteiger partial charge >= 0.3 is 6.03 Å². The van der Waals surface area contributed by atoms with Crippen LogP contribution in [0.3, 0.4) is 0 Å². The molecule has 1 aromatic rings. The van der Waals surface area contributed by atoms with Crippen molar-refractivity contribution in [2.75, 3.05) is 6.54 Å². The smallest absolute Gasteiger partial charge is 0.315 e. The zero-order chi connectivity index (χ0) is 15.6. The van der Waals surface area contributed by atoms with Crippen LogP contribution in [0, 0.1) is 11.7 Å². The van der Waals surface area contributed by atoms with E-state index in [9.17, 15) is 14.3 Å². The summed E-state index contributed by atoms with van der Waals surface area (Å²) < 4.78 is 13.2. The number of aryl methyl sites for hydroxylation is 1. The first-order chi connectivity index (χ1) is 9.79. The fraction of sp³-hybridized carbons (Fsp3) is 0.562. The summed E-state index contributed by atoms with van der Waals surface area (Å²) in [6, 6.07) is 4.27. The van der Waals surface area contributed by atoms with Gasteiger partial charge in [0.1, 0.15) is 5.82 Å². The van der Waals surface area contributed by atoms with Crippen LogP contribution in [0.1, 0.15) is 44.4 Å². The molecule has 21 heavy (non-hydrogen) atoms. The molecule has 0 aromatic heterocycles. The highest BCUT2D eigenvalue weighted by Crippen LogP contribution is 2.31. The molecule has 0 radical (unpaired) electrons. The molecular weight excluding hydrogens is 271 g/mol. The number of nitrogens with one attached hydrogen (secondary N) is 2. The van der Waals surface area contributed by atoms with Crippen molar-refractivity contribution >= 4 is 6.03 Å². The van der Waals surface area contributed by atoms with E-state index in [0.29, 0.717) is 0 Å². The second kappa shape index (κ2) is 6.02. The van der Waals surface area contributed by atoms with Gasteiger partial charge in [-0.3, -0.25) is 0 Å². The molecule has 0 spiro atoms. The lowest BCUT2D eigenvalue weighted by atomic mass is 9.93. The molecule has 0 fully saturated rings. The van der Waals surface area contributed by atoms with Crippen LogP contribution in [0.4, 0.5) is 9.18 Å². The van der Waals surface area contributed by atoms with E-state index in [-0.39, 0.29) is 30.4 Å². The molecule has 1 aromatic carbocycles. The highest BCUT2D eigenvalue weighted by Gasteiger charge is 2.27. The number of hydrogen-bond donors (Lipinski definition) is 3. The van der Waals surface area contributed by atoms with Crippen molar-refractivity contribution in [2.45, 2.75) is 45.3 Å². The summed E-state index contributed by atoms with van der Waals surface area (Å²) in [5.41, 5.74) is 0.991. The molecule has 1 aliphatic carbocycles. The minimum Gasteiger partial charge on any atom is -0.388 e. The van der Waals surface area contributed by atoms with Gasteiger partial charge in [-0.05, 0) is 48.9 Å². The van der Waals surface area contributed by atoms with Crippen LogP contribution >= 0.6 is 0 Å². The van der Waals surface area contributed by atoms with E-state index >= 15 is 0 Å². The number of aliphatic hydroxyl groups is 1. The Bertz CT molecular complexity index is 529. The van der Waals surface area contributed by atoms with Gasteiger partial charge in [0.05, 0.1) is 11.6 Å². The van der Waals surface area contributed by atoms with E-state index in [0.717, 1.165) is 24.0 Å². The average molecular weight is 294 g/mol. The number of amides is 2. The molecule has 4 nitrogen and oxygen atoms in total. The van der Waals surface area contributed by atoms with Crippen LogP contribution in [0.25, 0.3) is 0 Å². The van der Waals surface area contributed by atoms with E-state index in [2.05, 4.69) is 10.6 Å². The molecule has 3 N–H and O–H groups in total. The lowest BCUT2D eigenvalue weighted by Crippen LogP contribution is -2.47. The Kier molecular flexibility index (Phi) is 4.52. The van der Waals surface area contributed by atoms with Crippen LogP contribution in [-0.4, -0.2) is 23.3 Å². The number of fused-ring (bicyclic) bond motifs is 1. The van der Waals surface area contributed by atoms with Crippen LogP contribution in [-0.2, 0) is 6.42 Å². The monoisotopic (exact) mass is 294 g/mol. The van der Waals surface area contributed by atoms with E-state index in [1.807, 2.05) is 13.8 Å². The van der Waals surface area contributed by atoms with Crippen molar-refractivity contribution in [2.24, 2.45) is 5.92 Å². The van der Waals surface area contributed by atoms with Crippen molar-refractivity contribution in [3.63, 3.8) is 0 Å². The maximum absolute atomic E-state index is 13.2. The number of benzene rings is 1. The topological polar surface area (TPSA) is 61.4 Å². The summed E-state index contributed by atoms with van der Waals surface area (Å²) in [6.45, 7) is 5.70. The number of rotatable bonds is 4. The largest absolute Gasteiger partial charge is 0.388 e. The summed E-state index contributed by atoms with van der Waals surface area (Å²) in [7, 11) is 0. The Morgan fingerprint density at radius 3 is 2.90 bits per heavy atom. The standard InChI is InChI=1S/C16H23FN2O2/c1-10(2)16(3,21)9-18-15(20)19-14-7-4-11-8-12(17)5-6-13(11)14/h5-6,8,10,14,21H,4,7,9H2,1-3H3,(H2,18,19,20). The third-order valence-electron chi connectivity index (χ3n) is 4.34. The van der Waals surface area contributed by atoms with Gasteiger partial charge in [-0.1, -0.05) is 19.9 Å². The zero-order valence-electron chi connectivity index (χ0n) is 12.7. The van der Waals surface area contributed by atoms with Crippen molar-refractivity contribution in [1.82, 2.24) is 10.6 Å². The van der Waals surface area contributed by atoms with Crippen LogP contribution in [0.5, 0.6) is 0 Å². The van der Waals surface area contributed by atoms with E-state index in [1.165, 1.54) is 12.1 Å². The first-order valence-electron chi connectivity index (χ1n) is 7.34. The van der Waals surface area contributed by atoms with Gasteiger partial charge in [-0.15, -0.1) is 0 Å². The summed E-state index contributed by atoms with van der Waals surface area (Å²) in [4.78, 5) is 11.9. The summed E-state index contributed by atoms with van der Waals surface area (Å²) in [5.74, 6) is -0.195. The Balaban J connectivity index is 1.91. The molecule has 2 atom stereocenters. The highest BCUT2D eigenvalue weighted by atomic mass is 19.1. The minimum atomic E-state index is -0.936. The van der Waals surface area contributed by atoms with Gasteiger partial charge in [0.15, 0.2) is 0 Å². The lowest BCUT2D eigenvalue weighted by molar-refractivity contribution is 0.0165. The van der Waals surface area contributed by atoms with Gasteiger partial charge in [-0.2, -0.15) is 0 Å². The normalized spacial score (nSPS) is 20.0. The third kappa shape index (κ3) is 3.73. The molecule has 2 amide bonds. The number of urea groups is 1. The highest BCUT2D eigenvalue weighted by molar-refractivity contribution is 5.74. The maximum atomic E-state index is 13.2. The fourth-order valence-corrected chi connectivity index (χ4v) is 2.41. The molecule has 2 unspecified atom stereocenters. The Morgan fingerprint density at radius 2 is 2.24 bits per heavy atom. The van der Waals surface area contributed by atoms with Crippen LogP contribution in [0.2, 0.25) is 0 Å². The first kappa shape index (κ1) is 15.8. The zero-order valence-corrected chi connectivity index (χ0v) is 12.7. The molecule has 116 valence electrons. The van der Waals surface area contributed by atoms with Crippen molar-refractivity contribution < 1.29 is 14.3 Å². The Morgan fingerprint density at radius 1 is 1.52 bits per heavy atom. The molecule has 2 rings (SSSR count). The average Bonchev–Trinajstić information content (AvgIpc) is 2.78. The molecule has 5 heteroatoms. The SMILES string of the molecule is CC(C)C(C)(O)CNC(=O)NC1CCc2cc(F)ccc21. The van der Waals surface area contributed by atoms with E-state index < -0.39 is 5.60 Å². The van der Waals surface area contributed by atoms with Gasteiger partial charge < -0.3 is 15.7 Å². The van der Waals surface area contributed by atoms with E-state index in [4.69, 9.17) is 0 Å². The molecular formula is C16H23FN2O2. The molecule has 1 aliphatic rings. The quantitative estimate of drug-likeness (QED) is 0.799. The Hall–Kier alpha value is -1.62. The fourth-order valence-electron chi connectivity index (χ4n) is 2.41. The van der Waals surface area contributed by atoms with Gasteiger partial charge in [0.25, 0.3) is 0 Å². The number of carbonyl (C=O) groups excluding carboxylic acids is 1. The minimum absolute atomic E-state index is 0.0491. The molecule has 0 saturated heterocycles. The van der Waals surface area contributed by atoms with Gasteiger partial charge in [-0.25, -0.2) is 9.18 Å². The van der Waals surface area contributed by atoms with Crippen molar-refractivity contribution in [3.8, 4) is 0 Å². The first-order valence-corrected chi connectivity index (χ1v) is 7.34. The van der Waals surface area contributed by atoms with E-state index in [1.54, 1.807) is 13.0 Å². The Labute approximate surface area is 124 Å². The molecule has 0 bridgehead atoms. The van der Waals surface area contributed by atoms with Gasteiger partial charge in [0.2, 0.25) is 0 Å². The molecule has 0 saturated carbocycles. The predicted octanol–water partition coefficient (Wildman–Crippen LogP) is 2.52. The molecule has 0 heterocycles. The number of halogens is 1. The molecule has 0 aliphatic heterocycles. The summed E-state index contributed by atoms with van der Waals surface area (Å²) in [5, 5.41) is 15.7. The summed E-state index contributed by atoms with van der Waals surface area (Å²) >= 11 is 0. The maximum Gasteiger partial charge on any atom is 0.315 e. The van der Waals surface area contributed by atoms with Crippen LogP contribution in [0.15, 0.2) is 18.2 Å². The second-order valence-corrected chi connectivity index (χ2v) is 6.27. The predicted molar refractivity (Wildman–Crippen MR) is 79.5 cm³/mol. The van der Waals surface area contributed by atoms with Crippen molar-refractivity contribution in [1.29, 1.82) is 0 Å². The summed E-state index contributed by atoms with van der Waals surface area (Å²) in [6.07, 6.45) is 1.54. The second-order valence-electron chi connectivity index (χ2n) is 6.27. The number of hydrogen-bond acceptors (Lipinski definition) is 2. The van der Waals surface area contributed by atoms with Crippen molar-refractivity contribution in [3.05, 3.63) is 35.1 Å². The van der Waals surface area contributed by atoms with Crippen LogP contribution < -0.4 is 10.6 Å². The third-order valence-corrected chi connectivity index (χ3v) is 4.34. The van der Waals surface area contributed by atoms with Gasteiger partial charge in [0, 0.05) is 6.54 Å².